The summed E-state index contributed by atoms with van der Waals surface area (Å²) in [6.45, 7) is 0. The lowest BCUT2D eigenvalue weighted by Crippen LogP contribution is -2.06. The van der Waals surface area contributed by atoms with Gasteiger partial charge in [0.15, 0.2) is 11.4 Å². The van der Waals surface area contributed by atoms with Gasteiger partial charge in [-0.15, -0.1) is 0 Å². The van der Waals surface area contributed by atoms with Gasteiger partial charge in [0.1, 0.15) is 22.9 Å². The Balaban J connectivity index is 1.40. The maximum atomic E-state index is 13.5. The molecule has 0 aliphatic rings. The van der Waals surface area contributed by atoms with Crippen molar-refractivity contribution >= 4 is 17.1 Å². The number of carbonyl (C=O) groups is 1. The van der Waals surface area contributed by atoms with Crippen LogP contribution in [0.3, 0.4) is 0 Å². The summed E-state index contributed by atoms with van der Waals surface area (Å²) in [4.78, 5) is 24.7. The first-order valence-corrected chi connectivity index (χ1v) is 10.9. The van der Waals surface area contributed by atoms with Gasteiger partial charge in [-0.3, -0.25) is 9.20 Å². The summed E-state index contributed by atoms with van der Waals surface area (Å²) in [7, 11) is 0. The zero-order valence-electron chi connectivity index (χ0n) is 18.4. The minimum atomic E-state index is -1.07. The monoisotopic (exact) mass is 484 g/mol. The Bertz CT molecular complexity index is 1750. The average molecular weight is 484 g/mol. The van der Waals surface area contributed by atoms with Crippen LogP contribution in [0.4, 0.5) is 13.2 Å². The third-order valence-corrected chi connectivity index (χ3v) is 5.69. The molecule has 0 fully saturated rings. The fraction of sp³-hybridized carbons (Fsp3) is 0.0385. The van der Waals surface area contributed by atoms with E-state index in [4.69, 9.17) is 4.98 Å². The van der Waals surface area contributed by atoms with Crippen molar-refractivity contribution < 1.29 is 18.0 Å². The molecule has 0 aliphatic heterocycles. The van der Waals surface area contributed by atoms with Gasteiger partial charge >= 0.3 is 0 Å². The molecule has 0 aliphatic carbocycles. The van der Waals surface area contributed by atoms with E-state index in [1.165, 1.54) is 16.6 Å². The highest BCUT2D eigenvalue weighted by Gasteiger charge is 2.19. The fourth-order valence-corrected chi connectivity index (χ4v) is 4.08. The van der Waals surface area contributed by atoms with Crippen molar-refractivity contribution in [1.29, 1.82) is 0 Å². The maximum Gasteiger partial charge on any atom is 0.216 e. The van der Waals surface area contributed by atoms with E-state index >= 15 is 0 Å². The largest absolute Gasteiger partial charge is 0.298 e. The molecule has 1 aromatic carbocycles. The smallest absolute Gasteiger partial charge is 0.216 e. The fourth-order valence-electron chi connectivity index (χ4n) is 4.08. The summed E-state index contributed by atoms with van der Waals surface area (Å²) in [5.74, 6) is -2.98. The second-order valence-electron chi connectivity index (χ2n) is 8.10. The van der Waals surface area contributed by atoms with Crippen LogP contribution in [0.25, 0.3) is 33.9 Å². The van der Waals surface area contributed by atoms with Gasteiger partial charge in [0.25, 0.3) is 0 Å². The first-order valence-electron chi connectivity index (χ1n) is 10.9. The lowest BCUT2D eigenvalue weighted by Gasteiger charge is -2.05. The molecule has 0 atom stereocenters. The van der Waals surface area contributed by atoms with Crippen LogP contribution >= 0.6 is 0 Å². The van der Waals surface area contributed by atoms with E-state index in [1.807, 2.05) is 28.8 Å². The zero-order valence-corrected chi connectivity index (χ0v) is 18.4. The Hall–Kier alpha value is -4.86. The first kappa shape index (κ1) is 21.7. The van der Waals surface area contributed by atoms with Crippen LogP contribution in [0.15, 0.2) is 79.1 Å². The number of hydrogen-bond donors (Lipinski definition) is 0. The van der Waals surface area contributed by atoms with Crippen molar-refractivity contribution in [2.45, 2.75) is 6.42 Å². The van der Waals surface area contributed by atoms with Gasteiger partial charge in [-0.25, -0.2) is 18.9 Å². The molecular formula is C26H15F3N6O. The molecule has 6 aromatic rings. The lowest BCUT2D eigenvalue weighted by atomic mass is 10.1. The number of rotatable bonds is 5. The van der Waals surface area contributed by atoms with Gasteiger partial charge < -0.3 is 0 Å². The molecular weight excluding hydrogens is 469 g/mol. The van der Waals surface area contributed by atoms with E-state index in [0.717, 1.165) is 17.7 Å². The summed E-state index contributed by atoms with van der Waals surface area (Å²) in [5, 5.41) is 4.68. The van der Waals surface area contributed by atoms with Crippen LogP contribution < -0.4 is 0 Å². The number of benzene rings is 1. The summed E-state index contributed by atoms with van der Waals surface area (Å²) < 4.78 is 43.8. The Kier molecular flexibility index (Phi) is 5.06. The summed E-state index contributed by atoms with van der Waals surface area (Å²) >= 11 is 0. The average Bonchev–Trinajstić information content (AvgIpc) is 3.44. The molecule has 0 bridgehead atoms. The van der Waals surface area contributed by atoms with Crippen molar-refractivity contribution in [1.82, 2.24) is 29.0 Å². The summed E-state index contributed by atoms with van der Waals surface area (Å²) in [6.07, 6.45) is 3.28. The van der Waals surface area contributed by atoms with E-state index in [9.17, 15) is 18.0 Å². The molecule has 36 heavy (non-hydrogen) atoms. The normalized spacial score (nSPS) is 11.4. The van der Waals surface area contributed by atoms with Crippen molar-refractivity contribution in [2.75, 3.05) is 0 Å². The highest BCUT2D eigenvalue weighted by Crippen LogP contribution is 2.32. The number of pyridine rings is 2. The highest BCUT2D eigenvalue weighted by atomic mass is 19.1. The molecule has 0 radical (unpaired) electrons. The maximum absolute atomic E-state index is 13.5. The van der Waals surface area contributed by atoms with E-state index in [-0.39, 0.29) is 17.8 Å². The third kappa shape index (κ3) is 3.88. The van der Waals surface area contributed by atoms with Crippen LogP contribution in [0.5, 0.6) is 0 Å². The van der Waals surface area contributed by atoms with E-state index < -0.39 is 17.7 Å². The highest BCUT2D eigenvalue weighted by molar-refractivity contribution is 5.97. The van der Waals surface area contributed by atoms with Crippen LogP contribution in [-0.4, -0.2) is 34.7 Å². The van der Waals surface area contributed by atoms with Crippen LogP contribution in [0.1, 0.15) is 16.1 Å². The molecule has 10 heteroatoms. The van der Waals surface area contributed by atoms with Crippen molar-refractivity contribution in [2.24, 2.45) is 0 Å². The van der Waals surface area contributed by atoms with Gasteiger partial charge in [0, 0.05) is 29.5 Å². The number of imidazole rings is 2. The third-order valence-electron chi connectivity index (χ3n) is 5.69. The number of hydrogen-bond acceptors (Lipinski definition) is 5. The van der Waals surface area contributed by atoms with Crippen molar-refractivity contribution in [3.8, 4) is 22.6 Å². The van der Waals surface area contributed by atoms with Crippen molar-refractivity contribution in [3.05, 3.63) is 108 Å². The molecule has 0 N–H and O–H groups in total. The van der Waals surface area contributed by atoms with Crippen LogP contribution in [0, 0.1) is 17.7 Å². The Morgan fingerprint density at radius 3 is 2.39 bits per heavy atom. The molecule has 0 saturated heterocycles. The van der Waals surface area contributed by atoms with E-state index in [1.54, 1.807) is 30.5 Å². The SMILES string of the molecule is O=C(Cc1cn2nc(-c3c(-c4ccc(F)cc4)nc4ccccn34)ccc2n1)c1cc(F)nc(F)c1. The molecule has 0 spiro atoms. The topological polar surface area (TPSA) is 77.5 Å². The minimum Gasteiger partial charge on any atom is -0.298 e. The molecule has 5 heterocycles. The second-order valence-corrected chi connectivity index (χ2v) is 8.10. The van der Waals surface area contributed by atoms with Gasteiger partial charge in [-0.05, 0) is 48.5 Å². The van der Waals surface area contributed by atoms with Gasteiger partial charge in [0.05, 0.1) is 24.0 Å². The molecule has 0 unspecified atom stereocenters. The van der Waals surface area contributed by atoms with Gasteiger partial charge in [-0.2, -0.15) is 18.9 Å². The van der Waals surface area contributed by atoms with Crippen LogP contribution in [0.2, 0.25) is 0 Å². The molecule has 176 valence electrons. The summed E-state index contributed by atoms with van der Waals surface area (Å²) in [5.41, 5.74) is 4.09. The standard InChI is InChI=1S/C26H15F3N6O/c27-17-6-4-15(5-7-17)25-26(34-10-2-1-3-23(34)32-25)19-8-9-24-30-18(14-35(24)33-19)13-20(36)16-11-21(28)31-22(29)12-16/h1-12,14H,13H2. The van der Waals surface area contributed by atoms with E-state index in [0.29, 0.717) is 34.1 Å². The Morgan fingerprint density at radius 2 is 1.61 bits per heavy atom. The molecule has 0 amide bonds. The predicted octanol–water partition coefficient (Wildman–Crippen LogP) is 4.95. The number of aromatic nitrogens is 6. The quantitative estimate of drug-likeness (QED) is 0.256. The number of ketones is 1. The molecule has 0 saturated carbocycles. The molecule has 7 nitrogen and oxygen atoms in total. The van der Waals surface area contributed by atoms with Gasteiger partial charge in [0.2, 0.25) is 11.9 Å². The number of fused-ring (bicyclic) bond motifs is 2. The number of nitrogens with zero attached hydrogens (tertiary/aromatic N) is 6. The Labute approximate surface area is 201 Å². The second kappa shape index (κ2) is 8.42. The molecule has 5 aromatic heterocycles. The lowest BCUT2D eigenvalue weighted by molar-refractivity contribution is 0.0990. The van der Waals surface area contributed by atoms with E-state index in [2.05, 4.69) is 15.1 Å². The van der Waals surface area contributed by atoms with Crippen molar-refractivity contribution in [3.63, 3.8) is 0 Å². The summed E-state index contributed by atoms with van der Waals surface area (Å²) in [6, 6.07) is 17.0. The number of carbonyl (C=O) groups excluding carboxylic acids is 1. The molecule has 6 rings (SSSR count). The number of halogens is 3. The predicted molar refractivity (Wildman–Crippen MR) is 125 cm³/mol. The minimum absolute atomic E-state index is 0.125. The number of Topliss-reactive ketones (excluding diaryl/α,β-unsaturated/α-hetero) is 1. The van der Waals surface area contributed by atoms with Gasteiger partial charge in [-0.1, -0.05) is 6.07 Å². The van der Waals surface area contributed by atoms with Crippen LogP contribution in [-0.2, 0) is 6.42 Å². The zero-order chi connectivity index (χ0) is 24.8. The first-order chi connectivity index (χ1) is 17.4. The Morgan fingerprint density at radius 1 is 0.833 bits per heavy atom.